The largest absolute Gasteiger partial charge is 0.454 e. The Morgan fingerprint density at radius 2 is 2.12 bits per heavy atom. The Bertz CT molecular complexity index is 1020. The molecule has 0 unspecified atom stereocenters. The van der Waals surface area contributed by atoms with Gasteiger partial charge in [0.05, 0.1) is 12.7 Å². The van der Waals surface area contributed by atoms with Gasteiger partial charge in [0, 0.05) is 18.4 Å². The molecule has 0 radical (unpaired) electrons. The first kappa shape index (κ1) is 14.1. The zero-order valence-electron chi connectivity index (χ0n) is 13.4. The molecule has 1 aliphatic rings. The van der Waals surface area contributed by atoms with Gasteiger partial charge in [-0.25, -0.2) is 4.98 Å². The van der Waals surface area contributed by atoms with Gasteiger partial charge in [0.2, 0.25) is 5.95 Å². The molecule has 3 aromatic heterocycles. The van der Waals surface area contributed by atoms with Gasteiger partial charge >= 0.3 is 0 Å². The third-order valence-electron chi connectivity index (χ3n) is 4.33. The minimum absolute atomic E-state index is 0.438. The fourth-order valence-electron chi connectivity index (χ4n) is 3.10. The quantitative estimate of drug-likeness (QED) is 0.613. The molecule has 5 rings (SSSR count). The summed E-state index contributed by atoms with van der Waals surface area (Å²) in [6.07, 6.45) is 3.71. The number of aromatic nitrogens is 6. The molecular formula is C17H15N7O. The Hall–Kier alpha value is -3.29. The van der Waals surface area contributed by atoms with Crippen molar-refractivity contribution >= 4 is 16.9 Å². The van der Waals surface area contributed by atoms with E-state index in [0.29, 0.717) is 23.9 Å². The summed E-state index contributed by atoms with van der Waals surface area (Å²) < 4.78 is 7.98. The van der Waals surface area contributed by atoms with E-state index in [2.05, 4.69) is 35.3 Å². The first-order valence-electron chi connectivity index (χ1n) is 8.20. The highest BCUT2D eigenvalue weighted by atomic mass is 16.3. The van der Waals surface area contributed by atoms with Crippen LogP contribution in [0, 0.1) is 0 Å². The second kappa shape index (κ2) is 5.66. The number of aryl methyl sites for hydroxylation is 1. The summed E-state index contributed by atoms with van der Waals surface area (Å²) in [6, 6.07) is 9.80. The maximum atomic E-state index is 5.84. The van der Waals surface area contributed by atoms with Gasteiger partial charge in [0.25, 0.3) is 0 Å². The summed E-state index contributed by atoms with van der Waals surface area (Å²) in [5.41, 5.74) is 1.46. The molecule has 0 spiro atoms. The van der Waals surface area contributed by atoms with E-state index >= 15 is 0 Å². The molecule has 25 heavy (non-hydrogen) atoms. The second-order valence-corrected chi connectivity index (χ2v) is 5.95. The van der Waals surface area contributed by atoms with Crippen molar-refractivity contribution in [2.45, 2.75) is 25.9 Å². The number of rotatable bonds is 4. The van der Waals surface area contributed by atoms with Crippen LogP contribution in [0.4, 0.5) is 5.95 Å². The van der Waals surface area contributed by atoms with Gasteiger partial charge in [0.15, 0.2) is 11.6 Å². The lowest BCUT2D eigenvalue weighted by Gasteiger charge is -2.05. The monoisotopic (exact) mass is 333 g/mol. The first-order valence-corrected chi connectivity index (χ1v) is 8.20. The van der Waals surface area contributed by atoms with Gasteiger partial charge in [-0.1, -0.05) is 18.2 Å². The van der Waals surface area contributed by atoms with Crippen LogP contribution in [0.25, 0.3) is 22.4 Å². The van der Waals surface area contributed by atoms with Crippen molar-refractivity contribution in [1.29, 1.82) is 0 Å². The van der Waals surface area contributed by atoms with Crippen molar-refractivity contribution in [2.24, 2.45) is 0 Å². The number of hydrogen-bond donors (Lipinski definition) is 1. The zero-order valence-corrected chi connectivity index (χ0v) is 13.4. The highest BCUT2D eigenvalue weighted by Crippen LogP contribution is 2.26. The van der Waals surface area contributed by atoms with E-state index in [0.717, 1.165) is 42.0 Å². The van der Waals surface area contributed by atoms with Gasteiger partial charge in [0.1, 0.15) is 17.1 Å². The van der Waals surface area contributed by atoms with Crippen LogP contribution < -0.4 is 5.32 Å². The average molecular weight is 333 g/mol. The van der Waals surface area contributed by atoms with Crippen molar-refractivity contribution in [3.05, 3.63) is 48.2 Å². The Labute approximate surface area is 142 Å². The molecule has 0 atom stereocenters. The van der Waals surface area contributed by atoms with E-state index in [1.807, 2.05) is 30.3 Å². The number of nitrogens with one attached hydrogen (secondary N) is 1. The summed E-state index contributed by atoms with van der Waals surface area (Å²) in [7, 11) is 0. The van der Waals surface area contributed by atoms with Gasteiger partial charge in [-0.05, 0) is 18.6 Å². The Morgan fingerprint density at radius 3 is 3.08 bits per heavy atom. The summed E-state index contributed by atoms with van der Waals surface area (Å²) in [4.78, 5) is 4.50. The molecule has 124 valence electrons. The minimum Gasteiger partial charge on any atom is -0.454 e. The number of benzene rings is 1. The van der Waals surface area contributed by atoms with Crippen molar-refractivity contribution < 1.29 is 4.42 Å². The van der Waals surface area contributed by atoms with Gasteiger partial charge in [-0.2, -0.15) is 5.10 Å². The van der Waals surface area contributed by atoms with E-state index < -0.39 is 0 Å². The van der Waals surface area contributed by atoms with Crippen LogP contribution in [-0.2, 0) is 19.5 Å². The molecule has 8 heteroatoms. The smallest absolute Gasteiger partial charge is 0.243 e. The number of para-hydroxylation sites is 1. The number of hydrogen-bond acceptors (Lipinski definition) is 7. The maximum absolute atomic E-state index is 5.84. The van der Waals surface area contributed by atoms with E-state index in [4.69, 9.17) is 4.42 Å². The molecule has 8 nitrogen and oxygen atoms in total. The molecule has 0 bridgehead atoms. The molecule has 0 fully saturated rings. The van der Waals surface area contributed by atoms with Crippen molar-refractivity contribution in [3.8, 4) is 11.5 Å². The van der Waals surface area contributed by atoms with Crippen LogP contribution in [-0.4, -0.2) is 29.9 Å². The van der Waals surface area contributed by atoms with Crippen LogP contribution in [0.1, 0.15) is 18.1 Å². The molecule has 0 saturated carbocycles. The van der Waals surface area contributed by atoms with E-state index in [-0.39, 0.29) is 0 Å². The standard InChI is InChI=1S/C17H15N7O/c1-2-5-13-11(4-1)8-14(25-13)12-9-19-23-17(20-12)18-10-16-22-21-15-6-3-7-24(15)16/h1-2,4-5,8-9H,3,6-7,10H2,(H,18,20,23). The fraction of sp³-hybridized carbons (Fsp3) is 0.235. The number of fused-ring (bicyclic) bond motifs is 2. The predicted octanol–water partition coefficient (Wildman–Crippen LogP) is 2.43. The number of nitrogens with zero attached hydrogens (tertiary/aromatic N) is 6. The summed E-state index contributed by atoms with van der Waals surface area (Å²) in [5, 5.41) is 20.7. The van der Waals surface area contributed by atoms with Crippen molar-refractivity contribution in [3.63, 3.8) is 0 Å². The highest BCUT2D eigenvalue weighted by Gasteiger charge is 2.17. The van der Waals surface area contributed by atoms with E-state index in [1.54, 1.807) is 6.20 Å². The Morgan fingerprint density at radius 1 is 1.16 bits per heavy atom. The average Bonchev–Trinajstić information content (AvgIpc) is 3.35. The molecule has 0 amide bonds. The maximum Gasteiger partial charge on any atom is 0.243 e. The van der Waals surface area contributed by atoms with Crippen LogP contribution >= 0.6 is 0 Å². The van der Waals surface area contributed by atoms with Gasteiger partial charge < -0.3 is 14.3 Å². The third kappa shape index (κ3) is 2.51. The van der Waals surface area contributed by atoms with Crippen molar-refractivity contribution in [2.75, 3.05) is 5.32 Å². The van der Waals surface area contributed by atoms with Crippen LogP contribution in [0.2, 0.25) is 0 Å². The number of furan rings is 1. The van der Waals surface area contributed by atoms with Crippen molar-refractivity contribution in [1.82, 2.24) is 29.9 Å². The molecule has 0 aliphatic carbocycles. The molecule has 4 aromatic rings. The van der Waals surface area contributed by atoms with E-state index in [1.165, 1.54) is 0 Å². The van der Waals surface area contributed by atoms with E-state index in [9.17, 15) is 0 Å². The molecule has 4 heterocycles. The first-order chi connectivity index (χ1) is 12.4. The van der Waals surface area contributed by atoms with Gasteiger partial charge in [-0.3, -0.25) is 0 Å². The van der Waals surface area contributed by atoms with Crippen LogP contribution in [0.15, 0.2) is 40.9 Å². The fourth-order valence-corrected chi connectivity index (χ4v) is 3.10. The summed E-state index contributed by atoms with van der Waals surface area (Å²) in [6.45, 7) is 1.48. The van der Waals surface area contributed by atoms with Crippen LogP contribution in [0.5, 0.6) is 0 Å². The second-order valence-electron chi connectivity index (χ2n) is 5.95. The predicted molar refractivity (Wildman–Crippen MR) is 90.7 cm³/mol. The molecule has 1 aromatic carbocycles. The Kier molecular flexibility index (Phi) is 3.19. The molecule has 1 N–H and O–H groups in total. The minimum atomic E-state index is 0.438. The SMILES string of the molecule is c1ccc2oc(-c3cnnc(NCc4nnc5n4CCC5)n3)cc2c1. The number of anilines is 1. The lowest BCUT2D eigenvalue weighted by atomic mass is 10.2. The molecule has 0 saturated heterocycles. The lowest BCUT2D eigenvalue weighted by molar-refractivity contribution is 0.627. The van der Waals surface area contributed by atoms with Gasteiger partial charge in [-0.15, -0.1) is 15.3 Å². The summed E-state index contributed by atoms with van der Waals surface area (Å²) >= 11 is 0. The molecular weight excluding hydrogens is 318 g/mol. The normalized spacial score (nSPS) is 13.3. The Balaban J connectivity index is 1.39. The zero-order chi connectivity index (χ0) is 16.6. The highest BCUT2D eigenvalue weighted by molar-refractivity contribution is 5.81. The third-order valence-corrected chi connectivity index (χ3v) is 4.33. The lowest BCUT2D eigenvalue weighted by Crippen LogP contribution is -2.10. The topological polar surface area (TPSA) is 94.5 Å². The summed E-state index contributed by atoms with van der Waals surface area (Å²) in [5.74, 6) is 3.05. The van der Waals surface area contributed by atoms with Crippen LogP contribution in [0.3, 0.4) is 0 Å². The molecule has 1 aliphatic heterocycles.